The number of nitrogens with one attached hydrogen (secondary N) is 1. The monoisotopic (exact) mass is 778 g/mol. The summed E-state index contributed by atoms with van der Waals surface area (Å²) in [6.07, 6.45) is -0.785. The van der Waals surface area contributed by atoms with Crippen LogP contribution in [-0.2, 0) is 19.3 Å². The molecule has 0 bridgehead atoms. The molecule has 1 atom stereocenters. The summed E-state index contributed by atoms with van der Waals surface area (Å²) < 4.78 is 86.8. The van der Waals surface area contributed by atoms with Gasteiger partial charge in [-0.15, -0.1) is 11.3 Å². The first-order valence-corrected chi connectivity index (χ1v) is 19.3. The average molecular weight is 779 g/mol. The Hall–Kier alpha value is -4.88. The fourth-order valence-electron chi connectivity index (χ4n) is 8.50. The number of hydrogen-bond donors (Lipinski definition) is 1. The number of thiophene rings is 1. The molecule has 3 aromatic heterocycles. The standard InChI is InChI=1S/C39H39F5N8O2S/c1-20(2)46-36-26(17-45)30-24(7-8-28(40)34(30)55-36)31-27(39(42,43)44)16-25-33(32(31)41)47-37(54-19-38-10-5-12-50(38)13-6-11-38)48-35(25)51-18-23-15-29(22(4)53)49-52(23)14-9-21(51)3/h7-8,15-16,20-21,46H,5-6,9-14,18-19H2,1-4H3. The number of ether oxygens (including phenoxy) is 1. The second-order valence-electron chi connectivity index (χ2n) is 15.1. The number of carbonyl (C=O) groups is 1. The zero-order chi connectivity index (χ0) is 39.0. The largest absolute Gasteiger partial charge is 0.461 e. The number of hydrogen-bond acceptors (Lipinski definition) is 10. The molecule has 5 aromatic rings. The number of anilines is 2. The number of aryl methyl sites for hydroxylation is 1. The van der Waals surface area contributed by atoms with Crippen LogP contribution in [0.3, 0.4) is 0 Å². The Kier molecular flexibility index (Phi) is 9.23. The summed E-state index contributed by atoms with van der Waals surface area (Å²) in [5.74, 6) is -2.24. The molecule has 0 spiro atoms. The van der Waals surface area contributed by atoms with Crippen molar-refractivity contribution >= 4 is 48.9 Å². The molecule has 8 rings (SSSR count). The lowest BCUT2D eigenvalue weighted by Crippen LogP contribution is -2.43. The van der Waals surface area contributed by atoms with Gasteiger partial charge in [-0.1, -0.05) is 6.07 Å². The molecule has 3 aliphatic rings. The first kappa shape index (κ1) is 37.1. The maximum Gasteiger partial charge on any atom is 0.417 e. The van der Waals surface area contributed by atoms with Gasteiger partial charge in [-0.25, -0.2) is 8.78 Å². The van der Waals surface area contributed by atoms with E-state index in [1.165, 1.54) is 6.92 Å². The molecule has 3 aliphatic heterocycles. The maximum absolute atomic E-state index is 17.5. The van der Waals surface area contributed by atoms with E-state index in [0.717, 1.165) is 68.3 Å². The minimum atomic E-state index is -5.09. The van der Waals surface area contributed by atoms with Gasteiger partial charge >= 0.3 is 12.2 Å². The van der Waals surface area contributed by atoms with Crippen molar-refractivity contribution < 1.29 is 31.5 Å². The van der Waals surface area contributed by atoms with Crippen LogP contribution in [0.4, 0.5) is 32.8 Å². The van der Waals surface area contributed by atoms with Gasteiger partial charge in [-0.3, -0.25) is 14.4 Å². The topological polar surface area (TPSA) is 112 Å². The van der Waals surface area contributed by atoms with Crippen LogP contribution in [0, 0.1) is 23.0 Å². The Morgan fingerprint density at radius 3 is 2.56 bits per heavy atom. The van der Waals surface area contributed by atoms with E-state index < -0.39 is 34.5 Å². The number of ketones is 1. The van der Waals surface area contributed by atoms with Crippen molar-refractivity contribution in [1.29, 1.82) is 5.26 Å². The number of nitrogens with zero attached hydrogens (tertiary/aromatic N) is 7. The number of aromatic nitrogens is 4. The molecule has 0 amide bonds. The van der Waals surface area contributed by atoms with Crippen molar-refractivity contribution in [3.05, 3.63) is 58.4 Å². The predicted molar refractivity (Wildman–Crippen MR) is 200 cm³/mol. The van der Waals surface area contributed by atoms with Crippen LogP contribution in [0.5, 0.6) is 6.01 Å². The van der Waals surface area contributed by atoms with Gasteiger partial charge in [0.2, 0.25) is 0 Å². The van der Waals surface area contributed by atoms with Crippen molar-refractivity contribution in [3.8, 4) is 23.2 Å². The highest BCUT2D eigenvalue weighted by Crippen LogP contribution is 2.49. The van der Waals surface area contributed by atoms with Crippen molar-refractivity contribution in [2.75, 3.05) is 29.9 Å². The summed E-state index contributed by atoms with van der Waals surface area (Å²) in [4.78, 5) is 25.6. The quantitative estimate of drug-likeness (QED) is 0.122. The lowest BCUT2D eigenvalue weighted by Gasteiger charge is -2.32. The summed E-state index contributed by atoms with van der Waals surface area (Å²) in [7, 11) is 0. The zero-order valence-electron chi connectivity index (χ0n) is 30.8. The molecule has 2 fully saturated rings. The lowest BCUT2D eigenvalue weighted by molar-refractivity contribution is -0.137. The number of rotatable bonds is 8. The van der Waals surface area contributed by atoms with E-state index in [1.807, 2.05) is 26.8 Å². The second-order valence-corrected chi connectivity index (χ2v) is 16.1. The van der Waals surface area contributed by atoms with E-state index >= 15 is 22.0 Å². The van der Waals surface area contributed by atoms with Crippen LogP contribution in [0.15, 0.2) is 24.3 Å². The molecule has 2 saturated heterocycles. The van der Waals surface area contributed by atoms with Gasteiger partial charge in [-0.2, -0.15) is 33.5 Å². The zero-order valence-corrected chi connectivity index (χ0v) is 31.6. The van der Waals surface area contributed by atoms with E-state index in [0.29, 0.717) is 18.7 Å². The van der Waals surface area contributed by atoms with Crippen molar-refractivity contribution in [2.45, 2.75) is 96.7 Å². The van der Waals surface area contributed by atoms with E-state index in [-0.39, 0.29) is 85.7 Å². The highest BCUT2D eigenvalue weighted by Gasteiger charge is 2.45. The third-order valence-electron chi connectivity index (χ3n) is 11.2. The van der Waals surface area contributed by atoms with E-state index in [9.17, 15) is 10.1 Å². The predicted octanol–water partition coefficient (Wildman–Crippen LogP) is 8.71. The minimum Gasteiger partial charge on any atom is -0.461 e. The molecule has 0 saturated carbocycles. The first-order chi connectivity index (χ1) is 26.2. The van der Waals surface area contributed by atoms with Crippen molar-refractivity contribution in [1.82, 2.24) is 24.6 Å². The second kappa shape index (κ2) is 13.7. The fourth-order valence-corrected chi connectivity index (χ4v) is 9.73. The van der Waals surface area contributed by atoms with Crippen molar-refractivity contribution in [2.24, 2.45) is 0 Å². The summed E-state index contributed by atoms with van der Waals surface area (Å²) in [5.41, 5.74) is -2.28. The van der Waals surface area contributed by atoms with Crippen LogP contribution < -0.4 is 15.0 Å². The maximum atomic E-state index is 17.5. The first-order valence-electron chi connectivity index (χ1n) is 18.4. The van der Waals surface area contributed by atoms with E-state index in [4.69, 9.17) is 9.72 Å². The van der Waals surface area contributed by atoms with Gasteiger partial charge in [-0.05, 0) is 89.7 Å². The van der Waals surface area contributed by atoms with Crippen molar-refractivity contribution in [3.63, 3.8) is 0 Å². The molecular formula is C39H39F5N8O2S. The van der Waals surface area contributed by atoms with E-state index in [1.54, 1.807) is 15.6 Å². The summed E-state index contributed by atoms with van der Waals surface area (Å²) in [6.45, 7) is 9.56. The van der Waals surface area contributed by atoms with Gasteiger partial charge in [0.1, 0.15) is 40.5 Å². The third kappa shape index (κ3) is 6.34. The van der Waals surface area contributed by atoms with Gasteiger partial charge in [0.15, 0.2) is 11.6 Å². The van der Waals surface area contributed by atoms with Gasteiger partial charge in [0.25, 0.3) is 0 Å². The van der Waals surface area contributed by atoms with Crippen LogP contribution in [0.1, 0.15) is 87.1 Å². The number of nitriles is 1. The molecule has 0 aliphatic carbocycles. The molecule has 1 N–H and O–H groups in total. The van der Waals surface area contributed by atoms with Gasteiger partial charge in [0.05, 0.1) is 33.6 Å². The Bertz CT molecular complexity index is 2390. The fraction of sp³-hybridized carbons (Fsp3) is 0.462. The van der Waals surface area contributed by atoms with Crippen LogP contribution in [0.25, 0.3) is 32.1 Å². The number of benzene rings is 2. The molecule has 0 radical (unpaired) electrons. The third-order valence-corrected chi connectivity index (χ3v) is 12.3. The highest BCUT2D eigenvalue weighted by atomic mass is 32.1. The normalized spacial score (nSPS) is 18.5. The van der Waals surface area contributed by atoms with Gasteiger partial charge < -0.3 is 15.0 Å². The Morgan fingerprint density at radius 1 is 1.15 bits per heavy atom. The number of carbonyl (C=O) groups excluding carboxylic acids is 1. The summed E-state index contributed by atoms with van der Waals surface area (Å²) >= 11 is 0.888. The molecule has 1 unspecified atom stereocenters. The molecule has 10 nitrogen and oxygen atoms in total. The van der Waals surface area contributed by atoms with Gasteiger partial charge in [0, 0.05) is 41.9 Å². The number of fused-ring (bicyclic) bond motifs is 4. The highest BCUT2D eigenvalue weighted by molar-refractivity contribution is 7.23. The molecule has 6 heterocycles. The number of halogens is 5. The van der Waals surface area contributed by atoms with E-state index in [2.05, 4.69) is 20.3 Å². The smallest absolute Gasteiger partial charge is 0.417 e. The Balaban J connectivity index is 1.37. The molecular weight excluding hydrogens is 740 g/mol. The molecule has 55 heavy (non-hydrogen) atoms. The van der Waals surface area contributed by atoms with Crippen LogP contribution in [-0.4, -0.2) is 67.8 Å². The minimum absolute atomic E-state index is 0.0376. The molecule has 2 aromatic carbocycles. The van der Waals surface area contributed by atoms with Crippen LogP contribution in [0.2, 0.25) is 0 Å². The molecule has 288 valence electrons. The Labute approximate surface area is 317 Å². The Morgan fingerprint density at radius 2 is 1.89 bits per heavy atom. The SMILES string of the molecule is CC(=O)c1cc2n(n1)CCC(C)N(c1nc(OCC34CCCN3CCC4)nc3c(F)c(-c4ccc(F)c5sc(NC(C)C)c(C#N)c45)c(C(F)(F)F)cc13)C2. The lowest BCUT2D eigenvalue weighted by atomic mass is 9.92. The summed E-state index contributed by atoms with van der Waals surface area (Å²) in [5, 5.41) is 17.7. The summed E-state index contributed by atoms with van der Waals surface area (Å²) in [6, 6.07) is 5.91. The molecule has 16 heteroatoms. The number of Topliss-reactive ketones (excluding diaryl/α,β-unsaturated/α-hetero) is 1. The number of alkyl halides is 3. The average Bonchev–Trinajstić information content (AvgIpc) is 3.89. The van der Waals surface area contributed by atoms with Crippen LogP contribution >= 0.6 is 11.3 Å².